The highest BCUT2D eigenvalue weighted by molar-refractivity contribution is 6.38. The minimum absolute atomic E-state index is 0.125. The molecular weight excluding hydrogens is 412 g/mol. The molecule has 5 heteroatoms. The molecule has 5 nitrogen and oxygen atoms in total. The first-order valence-corrected chi connectivity index (χ1v) is 10.6. The highest BCUT2D eigenvalue weighted by atomic mass is 16.4. The van der Waals surface area contributed by atoms with Crippen LogP contribution in [0.2, 0.25) is 0 Å². The number of aromatic nitrogens is 1. The molecule has 0 spiro atoms. The third kappa shape index (κ3) is 3.81. The van der Waals surface area contributed by atoms with Crippen molar-refractivity contribution in [1.29, 1.82) is 0 Å². The van der Waals surface area contributed by atoms with Crippen LogP contribution in [0.15, 0.2) is 103 Å². The molecule has 4 aromatic rings. The van der Waals surface area contributed by atoms with Crippen LogP contribution in [0.4, 0.5) is 5.69 Å². The Labute approximate surface area is 191 Å². The fraction of sp³-hybridized carbons (Fsp3) is 0.0357. The Morgan fingerprint density at radius 1 is 0.818 bits per heavy atom. The number of fused-ring (bicyclic) bond motifs is 1. The van der Waals surface area contributed by atoms with Gasteiger partial charge in [0.2, 0.25) is 0 Å². The van der Waals surface area contributed by atoms with Crippen LogP contribution in [-0.2, 0) is 11.3 Å². The summed E-state index contributed by atoms with van der Waals surface area (Å²) in [6, 6.07) is 28.0. The van der Waals surface area contributed by atoms with E-state index in [9.17, 15) is 14.7 Å². The van der Waals surface area contributed by atoms with E-state index in [1.165, 1.54) is 0 Å². The number of para-hydroxylation sites is 1. The Morgan fingerprint density at radius 3 is 2.30 bits per heavy atom. The first-order valence-electron chi connectivity index (χ1n) is 10.6. The normalized spacial score (nSPS) is 14.2. The van der Waals surface area contributed by atoms with Crippen LogP contribution < -0.4 is 4.90 Å². The van der Waals surface area contributed by atoms with Crippen molar-refractivity contribution in [1.82, 2.24) is 4.98 Å². The predicted molar refractivity (Wildman–Crippen MR) is 128 cm³/mol. The van der Waals surface area contributed by atoms with E-state index in [1.807, 2.05) is 72.8 Å². The first-order chi connectivity index (χ1) is 16.1. The molecule has 1 aliphatic rings. The van der Waals surface area contributed by atoms with E-state index >= 15 is 0 Å². The Bertz CT molecular complexity index is 1340. The van der Waals surface area contributed by atoms with Gasteiger partial charge in [-0.05, 0) is 35.4 Å². The molecule has 0 bridgehead atoms. The predicted octanol–water partition coefficient (Wildman–Crippen LogP) is 5.29. The van der Waals surface area contributed by atoms with Gasteiger partial charge in [-0.3, -0.25) is 9.78 Å². The standard InChI is InChI=1S/C28H20N2O3/c31-27-26(25(20-9-2-1-3-10-20)22-12-7-15-29-17-22)23-13-4-5-14-24(23)30(27)18-19-8-6-11-21(16-19)28(32)33/h1-17H,18H2,(H,32,33)/b26-25+. The second-order valence-corrected chi connectivity index (χ2v) is 7.77. The van der Waals surface area contributed by atoms with E-state index in [-0.39, 0.29) is 18.0 Å². The van der Waals surface area contributed by atoms with Gasteiger partial charge in [0.25, 0.3) is 5.91 Å². The van der Waals surface area contributed by atoms with E-state index in [1.54, 1.807) is 35.5 Å². The number of hydrogen-bond donors (Lipinski definition) is 1. The summed E-state index contributed by atoms with van der Waals surface area (Å²) >= 11 is 0. The summed E-state index contributed by atoms with van der Waals surface area (Å²) in [6.45, 7) is 0.273. The number of carbonyl (C=O) groups excluding carboxylic acids is 1. The van der Waals surface area contributed by atoms with Gasteiger partial charge in [0.05, 0.1) is 23.4 Å². The number of carboxylic acids is 1. The monoisotopic (exact) mass is 432 g/mol. The van der Waals surface area contributed by atoms with Gasteiger partial charge in [0.1, 0.15) is 0 Å². The number of carboxylic acid groups (broad SMARTS) is 1. The van der Waals surface area contributed by atoms with Crippen molar-refractivity contribution in [3.63, 3.8) is 0 Å². The SMILES string of the molecule is O=C(O)c1cccc(CN2C(=O)/C(=C(\c3ccccc3)c3cccnc3)c3ccccc32)c1. The van der Waals surface area contributed by atoms with Crippen LogP contribution in [0.1, 0.15) is 32.6 Å². The minimum Gasteiger partial charge on any atom is -0.478 e. The maximum atomic E-state index is 13.9. The van der Waals surface area contributed by atoms with Crippen molar-refractivity contribution >= 4 is 28.7 Å². The zero-order valence-corrected chi connectivity index (χ0v) is 17.7. The fourth-order valence-corrected chi connectivity index (χ4v) is 4.23. The summed E-state index contributed by atoms with van der Waals surface area (Å²) in [5, 5.41) is 9.35. The molecule has 0 fully saturated rings. The summed E-state index contributed by atoms with van der Waals surface area (Å²) in [6.07, 6.45) is 3.48. The Morgan fingerprint density at radius 2 is 1.55 bits per heavy atom. The van der Waals surface area contributed by atoms with Gasteiger partial charge in [-0.25, -0.2) is 4.79 Å². The molecule has 0 saturated carbocycles. The van der Waals surface area contributed by atoms with E-state index < -0.39 is 5.97 Å². The Balaban J connectivity index is 1.68. The van der Waals surface area contributed by atoms with Gasteiger partial charge in [0, 0.05) is 29.1 Å². The second kappa shape index (κ2) is 8.55. The maximum absolute atomic E-state index is 13.9. The van der Waals surface area contributed by atoms with E-state index in [0.29, 0.717) is 5.57 Å². The van der Waals surface area contributed by atoms with Crippen molar-refractivity contribution in [3.05, 3.63) is 131 Å². The second-order valence-electron chi connectivity index (χ2n) is 7.77. The fourth-order valence-electron chi connectivity index (χ4n) is 4.23. The average Bonchev–Trinajstić information content (AvgIpc) is 3.12. The van der Waals surface area contributed by atoms with Gasteiger partial charge in [-0.1, -0.05) is 66.7 Å². The molecule has 0 radical (unpaired) electrons. The molecule has 0 atom stereocenters. The van der Waals surface area contributed by atoms with E-state index in [4.69, 9.17) is 0 Å². The van der Waals surface area contributed by atoms with Crippen LogP contribution in [0, 0.1) is 0 Å². The smallest absolute Gasteiger partial charge is 0.335 e. The highest BCUT2D eigenvalue weighted by Gasteiger charge is 2.35. The highest BCUT2D eigenvalue weighted by Crippen LogP contribution is 2.43. The average molecular weight is 432 g/mol. The molecule has 3 aromatic carbocycles. The summed E-state index contributed by atoms with van der Waals surface area (Å²) in [4.78, 5) is 31.3. The molecule has 1 aliphatic heterocycles. The Kier molecular flexibility index (Phi) is 5.29. The molecule has 0 unspecified atom stereocenters. The minimum atomic E-state index is -0.992. The van der Waals surface area contributed by atoms with Crippen LogP contribution in [0.3, 0.4) is 0 Å². The molecule has 0 aliphatic carbocycles. The van der Waals surface area contributed by atoms with Crippen LogP contribution in [0.5, 0.6) is 0 Å². The lowest BCUT2D eigenvalue weighted by molar-refractivity contribution is -0.113. The summed E-state index contributed by atoms with van der Waals surface area (Å²) in [5.41, 5.74) is 5.82. The molecule has 160 valence electrons. The van der Waals surface area contributed by atoms with Crippen molar-refractivity contribution in [2.24, 2.45) is 0 Å². The van der Waals surface area contributed by atoms with Crippen molar-refractivity contribution in [2.75, 3.05) is 4.90 Å². The lowest BCUT2D eigenvalue weighted by Gasteiger charge is -2.18. The lowest BCUT2D eigenvalue weighted by Crippen LogP contribution is -2.26. The topological polar surface area (TPSA) is 70.5 Å². The van der Waals surface area contributed by atoms with Gasteiger partial charge in [0.15, 0.2) is 0 Å². The van der Waals surface area contributed by atoms with E-state index in [0.717, 1.165) is 33.5 Å². The van der Waals surface area contributed by atoms with Gasteiger partial charge >= 0.3 is 5.97 Å². The largest absolute Gasteiger partial charge is 0.478 e. The number of carbonyl (C=O) groups is 2. The van der Waals surface area contributed by atoms with Crippen molar-refractivity contribution in [3.8, 4) is 0 Å². The first kappa shape index (κ1) is 20.4. The van der Waals surface area contributed by atoms with Gasteiger partial charge in [-0.15, -0.1) is 0 Å². The van der Waals surface area contributed by atoms with Gasteiger partial charge in [-0.2, -0.15) is 0 Å². The van der Waals surface area contributed by atoms with E-state index in [2.05, 4.69) is 4.98 Å². The number of nitrogens with zero attached hydrogens (tertiary/aromatic N) is 2. The van der Waals surface area contributed by atoms with Crippen molar-refractivity contribution in [2.45, 2.75) is 6.54 Å². The van der Waals surface area contributed by atoms with Gasteiger partial charge < -0.3 is 10.0 Å². The quantitative estimate of drug-likeness (QED) is 0.435. The number of benzene rings is 3. The summed E-state index contributed by atoms with van der Waals surface area (Å²) < 4.78 is 0. The molecule has 1 N–H and O–H groups in total. The van der Waals surface area contributed by atoms with Crippen LogP contribution >= 0.6 is 0 Å². The number of hydrogen-bond acceptors (Lipinski definition) is 3. The lowest BCUT2D eigenvalue weighted by atomic mass is 9.91. The third-order valence-corrected chi connectivity index (χ3v) is 5.70. The summed E-state index contributed by atoms with van der Waals surface area (Å²) in [7, 11) is 0. The molecule has 1 aromatic heterocycles. The van der Waals surface area contributed by atoms with Crippen molar-refractivity contribution < 1.29 is 14.7 Å². The zero-order chi connectivity index (χ0) is 22.8. The number of anilines is 1. The number of rotatable bonds is 5. The maximum Gasteiger partial charge on any atom is 0.335 e. The molecule has 0 saturated heterocycles. The molecule has 2 heterocycles. The molecule has 33 heavy (non-hydrogen) atoms. The zero-order valence-electron chi connectivity index (χ0n) is 17.7. The Hall–Kier alpha value is -4.51. The van der Waals surface area contributed by atoms with Crippen LogP contribution in [0.25, 0.3) is 11.1 Å². The number of pyridine rings is 1. The molecular formula is C28H20N2O3. The number of amides is 1. The number of aromatic carboxylic acids is 1. The van der Waals surface area contributed by atoms with Crippen LogP contribution in [-0.4, -0.2) is 22.0 Å². The summed E-state index contributed by atoms with van der Waals surface area (Å²) in [5.74, 6) is -1.12. The third-order valence-electron chi connectivity index (χ3n) is 5.70. The molecule has 1 amide bonds. The molecule has 5 rings (SSSR count).